The van der Waals surface area contributed by atoms with Crippen molar-refractivity contribution in [3.05, 3.63) is 139 Å². The van der Waals surface area contributed by atoms with Gasteiger partial charge in [-0.2, -0.15) is 0 Å². The predicted molar refractivity (Wildman–Crippen MR) is 227 cm³/mol. The third-order valence-corrected chi connectivity index (χ3v) is 12.5. The van der Waals surface area contributed by atoms with Gasteiger partial charge in [0.05, 0.1) is 22.3 Å². The number of fused-ring (bicyclic) bond motifs is 6. The number of benzene rings is 5. The van der Waals surface area contributed by atoms with E-state index in [1.165, 1.54) is 97.1 Å². The molecule has 0 saturated heterocycles. The van der Waals surface area contributed by atoms with Crippen LogP contribution >= 0.6 is 0 Å². The minimum Gasteiger partial charge on any atom is -0.451 e. The van der Waals surface area contributed by atoms with Crippen molar-refractivity contribution in [1.82, 2.24) is 24.5 Å². The summed E-state index contributed by atoms with van der Waals surface area (Å²) in [7, 11) is 0. The molecule has 0 spiro atoms. The molecule has 0 radical (unpaired) electrons. The summed E-state index contributed by atoms with van der Waals surface area (Å²) in [6.07, 6.45) is 15.0. The van der Waals surface area contributed by atoms with Crippen LogP contribution in [0, 0.1) is 0 Å². The molecule has 56 heavy (non-hydrogen) atoms. The van der Waals surface area contributed by atoms with E-state index in [-0.39, 0.29) is 0 Å². The van der Waals surface area contributed by atoms with Gasteiger partial charge in [0, 0.05) is 33.5 Å². The average molecular weight is 730 g/mol. The molecule has 5 aromatic carbocycles. The third kappa shape index (κ3) is 5.69. The zero-order valence-corrected chi connectivity index (χ0v) is 31.5. The van der Waals surface area contributed by atoms with Crippen molar-refractivity contribution in [2.75, 3.05) is 0 Å². The van der Waals surface area contributed by atoms with E-state index in [2.05, 4.69) is 59.2 Å². The zero-order valence-electron chi connectivity index (χ0n) is 31.5. The van der Waals surface area contributed by atoms with Crippen LogP contribution in [0.3, 0.4) is 0 Å². The van der Waals surface area contributed by atoms with Crippen molar-refractivity contribution in [2.45, 2.75) is 76.0 Å². The van der Waals surface area contributed by atoms with Crippen molar-refractivity contribution < 1.29 is 4.42 Å². The van der Waals surface area contributed by atoms with Crippen LogP contribution in [0.5, 0.6) is 0 Å². The van der Waals surface area contributed by atoms with Crippen molar-refractivity contribution in [1.29, 1.82) is 0 Å². The van der Waals surface area contributed by atoms with Crippen LogP contribution in [0.4, 0.5) is 0 Å². The topological polar surface area (TPSA) is 69.6 Å². The van der Waals surface area contributed by atoms with Crippen molar-refractivity contribution in [2.24, 2.45) is 0 Å². The van der Waals surface area contributed by atoms with E-state index < -0.39 is 0 Å². The number of hydrogen-bond donors (Lipinski definition) is 0. The predicted octanol–water partition coefficient (Wildman–Crippen LogP) is 13.4. The summed E-state index contributed by atoms with van der Waals surface area (Å²) < 4.78 is 9.46. The normalized spacial score (nSPS) is 15.7. The Labute approximate surface area is 326 Å². The van der Waals surface area contributed by atoms with Crippen LogP contribution in [-0.2, 0) is 0 Å². The van der Waals surface area contributed by atoms with Gasteiger partial charge in [-0.05, 0) is 91.1 Å². The van der Waals surface area contributed by atoms with E-state index >= 15 is 0 Å². The first-order valence-corrected chi connectivity index (χ1v) is 20.5. The van der Waals surface area contributed by atoms with E-state index in [9.17, 15) is 0 Å². The first kappa shape index (κ1) is 33.2. The summed E-state index contributed by atoms with van der Waals surface area (Å²) in [4.78, 5) is 19.9. The van der Waals surface area contributed by atoms with Gasteiger partial charge < -0.3 is 8.98 Å². The molecule has 9 aromatic rings. The Morgan fingerprint density at radius 1 is 0.482 bits per heavy atom. The third-order valence-electron chi connectivity index (χ3n) is 12.5. The van der Waals surface area contributed by atoms with E-state index in [1.54, 1.807) is 0 Å². The van der Waals surface area contributed by atoms with Gasteiger partial charge in [0.2, 0.25) is 0 Å². The van der Waals surface area contributed by atoms with Gasteiger partial charge in [-0.15, -0.1) is 0 Å². The summed E-state index contributed by atoms with van der Waals surface area (Å²) in [6, 6.07) is 43.1. The van der Waals surface area contributed by atoms with E-state index in [0.717, 1.165) is 38.9 Å². The molecule has 4 aromatic heterocycles. The molecule has 2 saturated carbocycles. The minimum atomic E-state index is 0.549. The molecule has 0 N–H and O–H groups in total. The molecule has 0 unspecified atom stereocenters. The van der Waals surface area contributed by atoms with Crippen LogP contribution in [0.15, 0.2) is 132 Å². The summed E-state index contributed by atoms with van der Waals surface area (Å²) >= 11 is 0. The number of aromatic nitrogens is 5. The highest BCUT2D eigenvalue weighted by Gasteiger charge is 2.24. The summed E-state index contributed by atoms with van der Waals surface area (Å²) in [5.41, 5.74) is 11.3. The molecule has 2 aliphatic rings. The molecular weight excluding hydrogens is 687 g/mol. The summed E-state index contributed by atoms with van der Waals surface area (Å²) in [6.45, 7) is 0. The first-order chi connectivity index (χ1) is 27.8. The molecule has 2 aliphatic carbocycles. The molecular formula is C50H43N5O. The lowest BCUT2D eigenvalue weighted by Gasteiger charge is -2.22. The largest absolute Gasteiger partial charge is 0.451 e. The van der Waals surface area contributed by atoms with Crippen LogP contribution in [-0.4, -0.2) is 24.5 Å². The Balaban J connectivity index is 1.12. The molecule has 6 nitrogen and oxygen atoms in total. The average Bonchev–Trinajstić information content (AvgIpc) is 3.83. The van der Waals surface area contributed by atoms with E-state index in [4.69, 9.17) is 24.4 Å². The fraction of sp³-hybridized carbons (Fsp3) is 0.240. The zero-order chi connectivity index (χ0) is 37.0. The quantitative estimate of drug-likeness (QED) is 0.170. The molecule has 0 atom stereocenters. The highest BCUT2D eigenvalue weighted by Crippen LogP contribution is 2.43. The molecule has 0 amide bonds. The molecule has 2 fully saturated rings. The SMILES string of the molecule is c1ccc(-c2nc(-c3ccccc3)nc(-c3ccnc4c3oc3c(-n5c6ccc(C7CCCCC7)cc6c6cc(C7CCCCC7)ccc65)cccc34)n2)cc1. The van der Waals surface area contributed by atoms with Gasteiger partial charge in [0.25, 0.3) is 0 Å². The molecule has 0 bridgehead atoms. The second-order valence-corrected chi connectivity index (χ2v) is 15.9. The first-order valence-electron chi connectivity index (χ1n) is 20.5. The van der Waals surface area contributed by atoms with Crippen LogP contribution in [0.2, 0.25) is 0 Å². The number of nitrogens with zero attached hydrogens (tertiary/aromatic N) is 5. The maximum atomic E-state index is 7.04. The standard InChI is InChI=1S/C50H43N5O/c1-5-14-32(15-6-1)36-24-26-42-40(30-36)41-31-37(33-16-7-2-8-17-33)25-27-43(41)55(42)44-23-13-22-38-45-47(56-46(38)44)39(28-29-51-45)50-53-48(34-18-9-3-10-19-34)52-49(54-50)35-20-11-4-12-21-35/h3-4,9-13,18-33H,1-2,5-8,14-17H2. The van der Waals surface area contributed by atoms with E-state index in [0.29, 0.717) is 34.9 Å². The Morgan fingerprint density at radius 2 is 1.04 bits per heavy atom. The van der Waals surface area contributed by atoms with Gasteiger partial charge in [-0.1, -0.05) is 117 Å². The highest BCUT2D eigenvalue weighted by molar-refractivity contribution is 6.13. The Morgan fingerprint density at radius 3 is 1.61 bits per heavy atom. The van der Waals surface area contributed by atoms with Crippen LogP contribution < -0.4 is 0 Å². The fourth-order valence-electron chi connectivity index (χ4n) is 9.64. The highest BCUT2D eigenvalue weighted by atomic mass is 16.3. The molecule has 6 heteroatoms. The second-order valence-electron chi connectivity index (χ2n) is 15.9. The minimum absolute atomic E-state index is 0.549. The summed E-state index contributed by atoms with van der Waals surface area (Å²) in [5.74, 6) is 3.05. The maximum Gasteiger partial charge on any atom is 0.167 e. The molecule has 274 valence electrons. The Kier molecular flexibility index (Phi) is 8.22. The summed E-state index contributed by atoms with van der Waals surface area (Å²) in [5, 5.41) is 3.63. The number of rotatable bonds is 6. The Hall–Kier alpha value is -6.14. The van der Waals surface area contributed by atoms with Crippen LogP contribution in [0.25, 0.3) is 83.7 Å². The van der Waals surface area contributed by atoms with Gasteiger partial charge in [0.15, 0.2) is 28.6 Å². The van der Waals surface area contributed by atoms with Crippen LogP contribution in [0.1, 0.15) is 87.2 Å². The number of pyridine rings is 1. The van der Waals surface area contributed by atoms with Crippen molar-refractivity contribution >= 4 is 43.9 Å². The van der Waals surface area contributed by atoms with Crippen molar-refractivity contribution in [3.8, 4) is 39.9 Å². The van der Waals surface area contributed by atoms with E-state index in [1.807, 2.05) is 72.9 Å². The van der Waals surface area contributed by atoms with Gasteiger partial charge in [-0.25, -0.2) is 15.0 Å². The number of hydrogen-bond acceptors (Lipinski definition) is 5. The fourth-order valence-corrected chi connectivity index (χ4v) is 9.64. The van der Waals surface area contributed by atoms with Crippen molar-refractivity contribution in [3.63, 3.8) is 0 Å². The smallest absolute Gasteiger partial charge is 0.167 e. The number of para-hydroxylation sites is 1. The van der Waals surface area contributed by atoms with Gasteiger partial charge >= 0.3 is 0 Å². The molecule has 11 rings (SSSR count). The monoisotopic (exact) mass is 729 g/mol. The Bertz CT molecular complexity index is 2750. The van der Waals surface area contributed by atoms with Gasteiger partial charge in [0.1, 0.15) is 5.52 Å². The molecule has 0 aliphatic heterocycles. The number of furan rings is 1. The maximum absolute atomic E-state index is 7.04. The second kappa shape index (κ2) is 13.9. The molecule has 4 heterocycles. The van der Waals surface area contributed by atoms with Gasteiger partial charge in [-0.3, -0.25) is 4.98 Å². The lowest BCUT2D eigenvalue weighted by Crippen LogP contribution is -2.04. The lowest BCUT2D eigenvalue weighted by molar-refractivity contribution is 0.444. The lowest BCUT2D eigenvalue weighted by atomic mass is 9.83.